The highest BCUT2D eigenvalue weighted by Crippen LogP contribution is 2.34. The SMILES string of the molecule is CC(C)N(C(=O)OC(C)(C)C)C(C(=O)O)c1cc(F)cc(C(F)(F)F)c1. The summed E-state index contributed by atoms with van der Waals surface area (Å²) in [5.74, 6) is -2.86. The molecule has 5 nitrogen and oxygen atoms in total. The first-order chi connectivity index (χ1) is 11.6. The molecule has 146 valence electrons. The molecule has 0 bridgehead atoms. The summed E-state index contributed by atoms with van der Waals surface area (Å²) in [6.07, 6.45) is -5.90. The van der Waals surface area contributed by atoms with Crippen LogP contribution in [0.1, 0.15) is 51.8 Å². The molecule has 0 aliphatic rings. The Balaban J connectivity index is 3.48. The molecular formula is C17H21F4NO4. The fourth-order valence-corrected chi connectivity index (χ4v) is 2.29. The molecule has 1 aromatic rings. The Bertz CT molecular complexity index is 680. The number of ether oxygens (including phenoxy) is 1. The Morgan fingerprint density at radius 2 is 1.65 bits per heavy atom. The summed E-state index contributed by atoms with van der Waals surface area (Å²) in [4.78, 5) is 24.9. The number of alkyl halides is 3. The van der Waals surface area contributed by atoms with Gasteiger partial charge >= 0.3 is 18.2 Å². The minimum atomic E-state index is -4.87. The molecule has 0 aliphatic heterocycles. The Hall–Kier alpha value is -2.32. The van der Waals surface area contributed by atoms with Gasteiger partial charge in [0.15, 0.2) is 6.04 Å². The summed E-state index contributed by atoms with van der Waals surface area (Å²) >= 11 is 0. The van der Waals surface area contributed by atoms with E-state index in [0.29, 0.717) is 12.1 Å². The predicted octanol–water partition coefficient (Wildman–Crippen LogP) is 4.62. The van der Waals surface area contributed by atoms with Crippen LogP contribution in [0.4, 0.5) is 22.4 Å². The zero-order valence-corrected chi connectivity index (χ0v) is 15.0. The van der Waals surface area contributed by atoms with Crippen molar-refractivity contribution in [2.75, 3.05) is 0 Å². The highest BCUT2D eigenvalue weighted by molar-refractivity contribution is 5.82. The number of carboxylic acid groups (broad SMARTS) is 1. The highest BCUT2D eigenvalue weighted by atomic mass is 19.4. The molecule has 0 fully saturated rings. The van der Waals surface area contributed by atoms with E-state index in [2.05, 4.69) is 0 Å². The largest absolute Gasteiger partial charge is 0.479 e. The number of carbonyl (C=O) groups excluding carboxylic acids is 1. The molecule has 9 heteroatoms. The standard InChI is InChI=1S/C17H21F4NO4/c1-9(2)22(15(25)26-16(3,4)5)13(14(23)24)10-6-11(17(19,20)21)8-12(18)7-10/h6-9,13H,1-5H3,(H,23,24). The lowest BCUT2D eigenvalue weighted by Crippen LogP contribution is -2.46. The van der Waals surface area contributed by atoms with E-state index in [-0.39, 0.29) is 6.07 Å². The number of hydrogen-bond donors (Lipinski definition) is 1. The van der Waals surface area contributed by atoms with Crippen LogP contribution in [-0.2, 0) is 15.7 Å². The van der Waals surface area contributed by atoms with E-state index < -0.39 is 52.9 Å². The molecule has 0 aliphatic carbocycles. The van der Waals surface area contributed by atoms with Gasteiger partial charge in [-0.1, -0.05) is 0 Å². The topological polar surface area (TPSA) is 66.8 Å². The van der Waals surface area contributed by atoms with Gasteiger partial charge in [-0.05, 0) is 58.4 Å². The van der Waals surface area contributed by atoms with Crippen molar-refractivity contribution in [2.45, 2.75) is 58.5 Å². The molecule has 1 amide bonds. The van der Waals surface area contributed by atoms with Crippen LogP contribution in [-0.4, -0.2) is 33.7 Å². The summed E-state index contributed by atoms with van der Waals surface area (Å²) in [5, 5.41) is 9.52. The minimum Gasteiger partial charge on any atom is -0.479 e. The van der Waals surface area contributed by atoms with Crippen LogP contribution < -0.4 is 0 Å². The van der Waals surface area contributed by atoms with Crippen molar-refractivity contribution in [1.82, 2.24) is 4.90 Å². The molecule has 26 heavy (non-hydrogen) atoms. The summed E-state index contributed by atoms with van der Waals surface area (Å²) in [6.45, 7) is 7.63. The smallest absolute Gasteiger partial charge is 0.416 e. The fourth-order valence-electron chi connectivity index (χ4n) is 2.29. The van der Waals surface area contributed by atoms with Crippen LogP contribution in [0.25, 0.3) is 0 Å². The van der Waals surface area contributed by atoms with Gasteiger partial charge < -0.3 is 9.84 Å². The van der Waals surface area contributed by atoms with Crippen molar-refractivity contribution in [3.8, 4) is 0 Å². The maximum atomic E-state index is 13.7. The van der Waals surface area contributed by atoms with Crippen molar-refractivity contribution >= 4 is 12.1 Å². The van der Waals surface area contributed by atoms with Gasteiger partial charge in [-0.3, -0.25) is 4.90 Å². The van der Waals surface area contributed by atoms with Gasteiger partial charge in [-0.25, -0.2) is 14.0 Å². The van der Waals surface area contributed by atoms with Gasteiger partial charge in [-0.15, -0.1) is 0 Å². The normalized spacial score (nSPS) is 13.5. The third kappa shape index (κ3) is 5.60. The number of rotatable bonds is 4. The first-order valence-electron chi connectivity index (χ1n) is 7.75. The van der Waals surface area contributed by atoms with Crippen LogP contribution in [0.5, 0.6) is 0 Å². The molecule has 0 saturated heterocycles. The Morgan fingerprint density at radius 1 is 1.12 bits per heavy atom. The van der Waals surface area contributed by atoms with E-state index >= 15 is 0 Å². The molecule has 0 aromatic heterocycles. The lowest BCUT2D eigenvalue weighted by Gasteiger charge is -2.34. The Kier molecular flexibility index (Phi) is 6.27. The van der Waals surface area contributed by atoms with E-state index in [1.54, 1.807) is 20.8 Å². The number of carboxylic acids is 1. The highest BCUT2D eigenvalue weighted by Gasteiger charge is 2.38. The third-order valence-corrected chi connectivity index (χ3v) is 3.24. The zero-order chi connectivity index (χ0) is 20.4. The number of aliphatic carboxylic acids is 1. The van der Waals surface area contributed by atoms with E-state index in [1.165, 1.54) is 13.8 Å². The summed E-state index contributed by atoms with van der Waals surface area (Å²) in [6, 6.07) is -1.14. The molecule has 1 rings (SSSR count). The Morgan fingerprint density at radius 3 is 2.04 bits per heavy atom. The summed E-state index contributed by atoms with van der Waals surface area (Å²) < 4.78 is 57.6. The number of hydrogen-bond acceptors (Lipinski definition) is 3. The number of nitrogens with zero attached hydrogens (tertiary/aromatic N) is 1. The maximum absolute atomic E-state index is 13.7. The van der Waals surface area contributed by atoms with Crippen molar-refractivity contribution in [1.29, 1.82) is 0 Å². The number of benzene rings is 1. The summed E-state index contributed by atoms with van der Waals surface area (Å²) in [5.41, 5.74) is -2.80. The molecule has 0 spiro atoms. The first-order valence-corrected chi connectivity index (χ1v) is 7.75. The van der Waals surface area contributed by atoms with Gasteiger partial charge in [0.1, 0.15) is 11.4 Å². The maximum Gasteiger partial charge on any atom is 0.416 e. The lowest BCUT2D eigenvalue weighted by molar-refractivity contribution is -0.144. The predicted molar refractivity (Wildman–Crippen MR) is 85.0 cm³/mol. The molecule has 1 unspecified atom stereocenters. The van der Waals surface area contributed by atoms with Gasteiger partial charge in [0, 0.05) is 6.04 Å². The Labute approximate surface area is 148 Å². The van der Waals surface area contributed by atoms with E-state index in [0.717, 1.165) is 4.90 Å². The average Bonchev–Trinajstić information content (AvgIpc) is 2.39. The molecule has 1 aromatic carbocycles. The van der Waals surface area contributed by atoms with Crippen molar-refractivity contribution in [3.63, 3.8) is 0 Å². The van der Waals surface area contributed by atoms with E-state index in [4.69, 9.17) is 4.74 Å². The third-order valence-electron chi connectivity index (χ3n) is 3.24. The lowest BCUT2D eigenvalue weighted by atomic mass is 10.0. The van der Waals surface area contributed by atoms with E-state index in [9.17, 15) is 32.3 Å². The van der Waals surface area contributed by atoms with Crippen molar-refractivity contribution in [2.24, 2.45) is 0 Å². The number of amides is 1. The van der Waals surface area contributed by atoms with Crippen LogP contribution in [0.3, 0.4) is 0 Å². The molecule has 0 radical (unpaired) electrons. The first kappa shape index (κ1) is 21.7. The molecule has 0 saturated carbocycles. The van der Waals surface area contributed by atoms with Crippen LogP contribution >= 0.6 is 0 Å². The molecule has 1 atom stereocenters. The monoisotopic (exact) mass is 379 g/mol. The van der Waals surface area contributed by atoms with E-state index in [1.807, 2.05) is 0 Å². The van der Waals surface area contributed by atoms with Crippen LogP contribution in [0, 0.1) is 5.82 Å². The molecule has 1 N–H and O–H groups in total. The fraction of sp³-hybridized carbons (Fsp3) is 0.529. The molecule has 0 heterocycles. The quantitative estimate of drug-likeness (QED) is 0.776. The van der Waals surface area contributed by atoms with Gasteiger partial charge in [0.2, 0.25) is 0 Å². The van der Waals surface area contributed by atoms with Gasteiger partial charge in [0.25, 0.3) is 0 Å². The van der Waals surface area contributed by atoms with Crippen molar-refractivity contribution in [3.05, 3.63) is 35.1 Å². The number of carbonyl (C=O) groups is 2. The average molecular weight is 379 g/mol. The van der Waals surface area contributed by atoms with Crippen LogP contribution in [0.15, 0.2) is 18.2 Å². The molecular weight excluding hydrogens is 358 g/mol. The second-order valence-electron chi connectivity index (χ2n) is 6.99. The van der Waals surface area contributed by atoms with Crippen molar-refractivity contribution < 1.29 is 37.0 Å². The summed E-state index contributed by atoms with van der Waals surface area (Å²) in [7, 11) is 0. The number of halogens is 4. The van der Waals surface area contributed by atoms with Crippen LogP contribution in [0.2, 0.25) is 0 Å². The van der Waals surface area contributed by atoms with Gasteiger partial charge in [-0.2, -0.15) is 13.2 Å². The zero-order valence-electron chi connectivity index (χ0n) is 15.0. The second-order valence-corrected chi connectivity index (χ2v) is 6.99. The minimum absolute atomic E-state index is 0.260. The van der Waals surface area contributed by atoms with Gasteiger partial charge in [0.05, 0.1) is 5.56 Å². The second kappa shape index (κ2) is 7.51.